The molecule has 1 amide bonds. The van der Waals surface area contributed by atoms with Gasteiger partial charge in [0.1, 0.15) is 6.17 Å². The van der Waals surface area contributed by atoms with Crippen molar-refractivity contribution in [3.8, 4) is 0 Å². The van der Waals surface area contributed by atoms with Crippen LogP contribution in [0.4, 0.5) is 4.39 Å². The van der Waals surface area contributed by atoms with Crippen LogP contribution >= 0.6 is 0 Å². The summed E-state index contributed by atoms with van der Waals surface area (Å²) in [7, 11) is 0. The van der Waals surface area contributed by atoms with E-state index in [1.54, 1.807) is 0 Å². The minimum absolute atomic E-state index is 0.0404. The molecule has 4 heteroatoms. The van der Waals surface area contributed by atoms with E-state index in [9.17, 15) is 9.18 Å². The second-order valence-electron chi connectivity index (χ2n) is 4.03. The van der Waals surface area contributed by atoms with Crippen molar-refractivity contribution in [1.29, 1.82) is 0 Å². The van der Waals surface area contributed by atoms with Crippen molar-refractivity contribution in [2.24, 2.45) is 0 Å². The molecule has 0 aliphatic carbocycles. The molecule has 1 saturated heterocycles. The standard InChI is InChI=1S/C10H19FN2O/c1-4-12-10(14)9-5-8(11)6-13(9)7(2)3/h7-9H,4-6H2,1-3H3,(H,12,14). The third-order valence-corrected chi connectivity index (χ3v) is 2.61. The van der Waals surface area contributed by atoms with Gasteiger partial charge in [-0.25, -0.2) is 4.39 Å². The van der Waals surface area contributed by atoms with E-state index >= 15 is 0 Å². The summed E-state index contributed by atoms with van der Waals surface area (Å²) in [5.74, 6) is -0.0404. The molecule has 0 saturated carbocycles. The molecule has 0 radical (unpaired) electrons. The largest absolute Gasteiger partial charge is 0.355 e. The molecule has 0 aromatic heterocycles. The molecule has 1 fully saturated rings. The van der Waals surface area contributed by atoms with Crippen molar-refractivity contribution >= 4 is 5.91 Å². The lowest BCUT2D eigenvalue weighted by Gasteiger charge is -2.26. The number of rotatable bonds is 3. The van der Waals surface area contributed by atoms with Gasteiger partial charge in [0.25, 0.3) is 0 Å². The maximum atomic E-state index is 13.2. The number of nitrogens with zero attached hydrogens (tertiary/aromatic N) is 1. The smallest absolute Gasteiger partial charge is 0.237 e. The van der Waals surface area contributed by atoms with Crippen LogP contribution < -0.4 is 5.32 Å². The van der Waals surface area contributed by atoms with Gasteiger partial charge in [-0.3, -0.25) is 9.69 Å². The number of likely N-dealkylation sites (N-methyl/N-ethyl adjacent to an activating group) is 1. The molecular weight excluding hydrogens is 183 g/mol. The first-order valence-electron chi connectivity index (χ1n) is 5.23. The van der Waals surface area contributed by atoms with Crippen LogP contribution in [0.5, 0.6) is 0 Å². The first-order chi connectivity index (χ1) is 6.56. The van der Waals surface area contributed by atoms with Crippen molar-refractivity contribution in [3.63, 3.8) is 0 Å². The zero-order valence-corrected chi connectivity index (χ0v) is 9.09. The Morgan fingerprint density at radius 1 is 1.64 bits per heavy atom. The highest BCUT2D eigenvalue weighted by Gasteiger charge is 2.37. The lowest BCUT2D eigenvalue weighted by molar-refractivity contribution is -0.125. The molecule has 0 bridgehead atoms. The third kappa shape index (κ3) is 2.44. The number of hydrogen-bond donors (Lipinski definition) is 1. The highest BCUT2D eigenvalue weighted by atomic mass is 19.1. The number of carbonyl (C=O) groups excluding carboxylic acids is 1. The van der Waals surface area contributed by atoms with Crippen LogP contribution in [-0.2, 0) is 4.79 Å². The van der Waals surface area contributed by atoms with Crippen molar-refractivity contribution < 1.29 is 9.18 Å². The summed E-state index contributed by atoms with van der Waals surface area (Å²) < 4.78 is 13.2. The number of likely N-dealkylation sites (tertiary alicyclic amines) is 1. The minimum atomic E-state index is -0.856. The van der Waals surface area contributed by atoms with Crippen molar-refractivity contribution in [3.05, 3.63) is 0 Å². The zero-order chi connectivity index (χ0) is 10.7. The van der Waals surface area contributed by atoms with E-state index in [0.29, 0.717) is 19.5 Å². The molecule has 2 atom stereocenters. The van der Waals surface area contributed by atoms with Crippen molar-refractivity contribution in [2.75, 3.05) is 13.1 Å². The highest BCUT2D eigenvalue weighted by Crippen LogP contribution is 2.22. The van der Waals surface area contributed by atoms with E-state index in [0.717, 1.165) is 0 Å². The predicted octanol–water partition coefficient (Wildman–Crippen LogP) is 0.943. The molecule has 0 aromatic carbocycles. The number of nitrogens with one attached hydrogen (secondary N) is 1. The van der Waals surface area contributed by atoms with E-state index in [4.69, 9.17) is 0 Å². The molecule has 0 aromatic rings. The molecule has 2 unspecified atom stereocenters. The Hall–Kier alpha value is -0.640. The Kier molecular flexibility index (Phi) is 3.86. The van der Waals surface area contributed by atoms with Gasteiger partial charge >= 0.3 is 0 Å². The van der Waals surface area contributed by atoms with Crippen LogP contribution in [-0.4, -0.2) is 42.2 Å². The maximum absolute atomic E-state index is 13.2. The molecular formula is C10H19FN2O. The van der Waals surface area contributed by atoms with Gasteiger partial charge in [-0.15, -0.1) is 0 Å². The SMILES string of the molecule is CCNC(=O)C1CC(F)CN1C(C)C. The highest BCUT2D eigenvalue weighted by molar-refractivity contribution is 5.82. The topological polar surface area (TPSA) is 32.3 Å². The summed E-state index contributed by atoms with van der Waals surface area (Å²) in [5, 5.41) is 2.75. The molecule has 14 heavy (non-hydrogen) atoms. The van der Waals surface area contributed by atoms with E-state index in [1.807, 2.05) is 25.7 Å². The Labute approximate surface area is 84.7 Å². The number of halogens is 1. The van der Waals surface area contributed by atoms with E-state index in [2.05, 4.69) is 5.32 Å². The lowest BCUT2D eigenvalue weighted by atomic mass is 10.2. The number of hydrogen-bond acceptors (Lipinski definition) is 2. The Morgan fingerprint density at radius 2 is 2.29 bits per heavy atom. The van der Waals surface area contributed by atoms with Crippen LogP contribution in [0.3, 0.4) is 0 Å². The van der Waals surface area contributed by atoms with Gasteiger partial charge < -0.3 is 5.32 Å². The summed E-state index contributed by atoms with van der Waals surface area (Å²) in [4.78, 5) is 13.5. The summed E-state index contributed by atoms with van der Waals surface area (Å²) in [6.07, 6.45) is -0.519. The summed E-state index contributed by atoms with van der Waals surface area (Å²) in [6.45, 7) is 6.85. The number of carbonyl (C=O) groups is 1. The molecule has 1 aliphatic heterocycles. The van der Waals surface area contributed by atoms with Crippen LogP contribution in [0.15, 0.2) is 0 Å². The molecule has 82 valence electrons. The van der Waals surface area contributed by atoms with E-state index in [1.165, 1.54) is 0 Å². The summed E-state index contributed by atoms with van der Waals surface area (Å²) >= 11 is 0. The van der Waals surface area contributed by atoms with Gasteiger partial charge in [-0.2, -0.15) is 0 Å². The molecule has 1 heterocycles. The number of amides is 1. The quantitative estimate of drug-likeness (QED) is 0.739. The first-order valence-corrected chi connectivity index (χ1v) is 5.23. The van der Waals surface area contributed by atoms with Gasteiger partial charge in [-0.05, 0) is 20.8 Å². The van der Waals surface area contributed by atoms with E-state index < -0.39 is 6.17 Å². The summed E-state index contributed by atoms with van der Waals surface area (Å²) in [5.41, 5.74) is 0. The average molecular weight is 202 g/mol. The normalized spacial score (nSPS) is 28.4. The van der Waals surface area contributed by atoms with Gasteiger partial charge in [0.05, 0.1) is 6.04 Å². The van der Waals surface area contributed by atoms with E-state index in [-0.39, 0.29) is 18.0 Å². The minimum Gasteiger partial charge on any atom is -0.355 e. The van der Waals surface area contributed by atoms with Crippen molar-refractivity contribution in [1.82, 2.24) is 10.2 Å². The summed E-state index contributed by atoms with van der Waals surface area (Å²) in [6, 6.07) is -0.0479. The second kappa shape index (κ2) is 4.73. The lowest BCUT2D eigenvalue weighted by Crippen LogP contribution is -2.45. The first kappa shape index (κ1) is 11.4. The van der Waals surface area contributed by atoms with Gasteiger partial charge in [0.2, 0.25) is 5.91 Å². The zero-order valence-electron chi connectivity index (χ0n) is 9.09. The Morgan fingerprint density at radius 3 is 2.79 bits per heavy atom. The fourth-order valence-electron chi connectivity index (χ4n) is 1.93. The van der Waals surface area contributed by atoms with Crippen LogP contribution in [0.2, 0.25) is 0 Å². The predicted molar refractivity (Wildman–Crippen MR) is 53.8 cm³/mol. The maximum Gasteiger partial charge on any atom is 0.237 e. The average Bonchev–Trinajstić information content (AvgIpc) is 2.48. The molecule has 3 nitrogen and oxygen atoms in total. The molecule has 0 spiro atoms. The third-order valence-electron chi connectivity index (χ3n) is 2.61. The molecule has 1 N–H and O–H groups in total. The van der Waals surface area contributed by atoms with Gasteiger partial charge in [0.15, 0.2) is 0 Å². The monoisotopic (exact) mass is 202 g/mol. The number of alkyl halides is 1. The fourth-order valence-corrected chi connectivity index (χ4v) is 1.93. The Balaban J connectivity index is 2.61. The van der Waals surface area contributed by atoms with Crippen molar-refractivity contribution in [2.45, 2.75) is 45.4 Å². The van der Waals surface area contributed by atoms with Crippen LogP contribution in [0, 0.1) is 0 Å². The Bertz CT molecular complexity index is 208. The molecule has 1 aliphatic rings. The molecule has 1 rings (SSSR count). The van der Waals surface area contributed by atoms with Crippen LogP contribution in [0.25, 0.3) is 0 Å². The van der Waals surface area contributed by atoms with Gasteiger partial charge in [0, 0.05) is 25.6 Å². The fraction of sp³-hybridized carbons (Fsp3) is 0.900. The second-order valence-corrected chi connectivity index (χ2v) is 4.03. The van der Waals surface area contributed by atoms with Crippen LogP contribution in [0.1, 0.15) is 27.2 Å². The van der Waals surface area contributed by atoms with Gasteiger partial charge in [-0.1, -0.05) is 0 Å².